The Labute approximate surface area is 111 Å². The second-order valence-electron chi connectivity index (χ2n) is 3.58. The van der Waals surface area contributed by atoms with Crippen molar-refractivity contribution < 1.29 is 16.8 Å². The van der Waals surface area contributed by atoms with E-state index in [1.54, 1.807) is 0 Å². The normalized spacial score (nSPS) is 18.9. The maximum absolute atomic E-state index is 8.29. The minimum absolute atomic E-state index is 0.0403. The molecule has 0 amide bonds. The van der Waals surface area contributed by atoms with Gasteiger partial charge in [-0.2, -0.15) is 0 Å². The molecule has 17 heavy (non-hydrogen) atoms. The molecule has 80 valence electrons. The first-order valence-corrected chi connectivity index (χ1v) is 4.99. The Bertz CT molecular complexity index is 1270. The fourth-order valence-corrected chi connectivity index (χ4v) is 1.87. The Morgan fingerprint density at radius 2 is 1.59 bits per heavy atom. The lowest BCUT2D eigenvalue weighted by atomic mass is 10.1. The van der Waals surface area contributed by atoms with Crippen LogP contribution < -0.4 is 0 Å². The summed E-state index contributed by atoms with van der Waals surface area (Å²) in [6, 6.07) is -2.24. The molecule has 0 atom stereocenters. The molecular formula is C16H10O. The molecule has 0 spiro atoms. The average Bonchev–Trinajstić information content (AvgIpc) is 2.98. The highest BCUT2D eigenvalue weighted by Gasteiger charge is 2.08. The van der Waals surface area contributed by atoms with Gasteiger partial charge in [0, 0.05) is 16.2 Å². The van der Waals surface area contributed by atoms with Gasteiger partial charge in [-0.1, -0.05) is 48.3 Å². The van der Waals surface area contributed by atoms with Crippen LogP contribution in [0.5, 0.6) is 0 Å². The maximum Gasteiger partial charge on any atom is 0.143 e. The Morgan fingerprint density at radius 1 is 0.765 bits per heavy atom. The third-order valence-electron chi connectivity index (χ3n) is 2.63. The number of hydrogen-bond donors (Lipinski definition) is 0. The zero-order chi connectivity index (χ0) is 19.1. The lowest BCUT2D eigenvalue weighted by Gasteiger charge is -1.97. The van der Waals surface area contributed by atoms with Crippen LogP contribution in [0.15, 0.2) is 64.9 Å². The fourth-order valence-electron chi connectivity index (χ4n) is 1.87. The highest BCUT2D eigenvalue weighted by Crippen LogP contribution is 2.33. The van der Waals surface area contributed by atoms with Gasteiger partial charge in [0.25, 0.3) is 0 Å². The SMILES string of the molecule is [2H]c1cc2oc3c4c([2H])c([2H])c([2H])c([2H])c4c([2H])c([2H])c3c2c([2H])c1[2H]. The molecule has 0 radical (unpaired) electrons. The summed E-state index contributed by atoms with van der Waals surface area (Å²) in [7, 11) is 0. The minimum atomic E-state index is -0.506. The zero-order valence-corrected chi connectivity index (χ0v) is 8.49. The largest absolute Gasteiger partial charge is 0.455 e. The van der Waals surface area contributed by atoms with Crippen molar-refractivity contribution in [3.05, 3.63) is 60.4 Å². The third-order valence-corrected chi connectivity index (χ3v) is 2.63. The van der Waals surface area contributed by atoms with Crippen LogP contribution in [0.2, 0.25) is 0 Å². The highest BCUT2D eigenvalue weighted by atomic mass is 16.3. The van der Waals surface area contributed by atoms with Crippen molar-refractivity contribution >= 4 is 32.7 Å². The summed E-state index contributed by atoms with van der Waals surface area (Å²) in [5.74, 6) is 0. The van der Waals surface area contributed by atoms with Crippen LogP contribution >= 0.6 is 0 Å². The molecule has 0 N–H and O–H groups in total. The van der Waals surface area contributed by atoms with E-state index in [1.807, 2.05) is 0 Å². The van der Waals surface area contributed by atoms with Gasteiger partial charge in [0.15, 0.2) is 0 Å². The Hall–Kier alpha value is -2.28. The average molecular weight is 227 g/mol. The number of benzene rings is 3. The van der Waals surface area contributed by atoms with Gasteiger partial charge >= 0.3 is 0 Å². The van der Waals surface area contributed by atoms with Crippen molar-refractivity contribution in [1.82, 2.24) is 0 Å². The van der Waals surface area contributed by atoms with Gasteiger partial charge in [0.05, 0.1) is 12.3 Å². The summed E-state index contributed by atoms with van der Waals surface area (Å²) in [5, 5.41) is -0.0354. The van der Waals surface area contributed by atoms with Crippen molar-refractivity contribution in [3.63, 3.8) is 0 Å². The summed E-state index contributed by atoms with van der Waals surface area (Å²) in [6.07, 6.45) is 0. The molecule has 0 saturated carbocycles. The molecule has 0 fully saturated rings. The number of hydrogen-bond acceptors (Lipinski definition) is 1. The molecular weight excluding hydrogens is 208 g/mol. The van der Waals surface area contributed by atoms with Gasteiger partial charge in [0.2, 0.25) is 0 Å². The van der Waals surface area contributed by atoms with Gasteiger partial charge in [-0.25, -0.2) is 0 Å². The van der Waals surface area contributed by atoms with E-state index in [-0.39, 0.29) is 56.9 Å². The molecule has 0 saturated heterocycles. The van der Waals surface area contributed by atoms with E-state index in [1.165, 1.54) is 6.07 Å². The van der Waals surface area contributed by atoms with Gasteiger partial charge in [0.1, 0.15) is 11.2 Å². The number of rotatable bonds is 0. The monoisotopic (exact) mass is 227 g/mol. The smallest absolute Gasteiger partial charge is 0.143 e. The molecule has 3 aromatic carbocycles. The molecule has 0 aliphatic rings. The van der Waals surface area contributed by atoms with Crippen LogP contribution in [0.25, 0.3) is 32.7 Å². The Kier molecular flexibility index (Phi) is 0.710. The molecule has 1 nitrogen and oxygen atoms in total. The summed E-state index contributed by atoms with van der Waals surface area (Å²) >= 11 is 0. The fraction of sp³-hybridized carbons (Fsp3) is 0. The minimum Gasteiger partial charge on any atom is -0.455 e. The molecule has 1 aromatic heterocycles. The van der Waals surface area contributed by atoms with Crippen molar-refractivity contribution in [2.75, 3.05) is 0 Å². The summed E-state index contributed by atoms with van der Waals surface area (Å²) < 4.78 is 77.7. The lowest BCUT2D eigenvalue weighted by molar-refractivity contribution is 0.672. The van der Waals surface area contributed by atoms with E-state index in [4.69, 9.17) is 16.8 Å². The lowest BCUT2D eigenvalue weighted by Crippen LogP contribution is -1.72. The first kappa shape index (κ1) is 3.88. The topological polar surface area (TPSA) is 13.1 Å². The van der Waals surface area contributed by atoms with Crippen LogP contribution in [0.3, 0.4) is 0 Å². The van der Waals surface area contributed by atoms with Crippen molar-refractivity contribution in [2.45, 2.75) is 0 Å². The zero-order valence-electron chi connectivity index (χ0n) is 17.5. The van der Waals surface area contributed by atoms with Crippen molar-refractivity contribution in [3.8, 4) is 0 Å². The molecule has 1 heterocycles. The molecule has 0 aliphatic carbocycles. The standard InChI is InChI=1S/C16H10O/c1-2-6-12-11(5-1)9-10-14-13-7-3-4-8-15(13)17-16(12)14/h1-10H/i1D,2D,3D,4D,5D,6D,7D,9D,10D. The Morgan fingerprint density at radius 3 is 2.59 bits per heavy atom. The van der Waals surface area contributed by atoms with E-state index < -0.39 is 30.2 Å². The van der Waals surface area contributed by atoms with E-state index in [0.717, 1.165) is 0 Å². The highest BCUT2D eigenvalue weighted by molar-refractivity contribution is 6.14. The van der Waals surface area contributed by atoms with E-state index in [9.17, 15) is 0 Å². The molecule has 0 aliphatic heterocycles. The quantitative estimate of drug-likeness (QED) is 0.423. The molecule has 0 unspecified atom stereocenters. The predicted molar refractivity (Wildman–Crippen MR) is 71.2 cm³/mol. The summed E-state index contributed by atoms with van der Waals surface area (Å²) in [4.78, 5) is 0. The van der Waals surface area contributed by atoms with Crippen LogP contribution in [-0.4, -0.2) is 0 Å². The first-order valence-electron chi connectivity index (χ1n) is 9.49. The van der Waals surface area contributed by atoms with Crippen molar-refractivity contribution in [2.24, 2.45) is 0 Å². The molecule has 4 rings (SSSR count). The van der Waals surface area contributed by atoms with Crippen molar-refractivity contribution in [1.29, 1.82) is 0 Å². The first-order chi connectivity index (χ1) is 12.2. The number of fused-ring (bicyclic) bond motifs is 5. The van der Waals surface area contributed by atoms with Gasteiger partial charge in [-0.3, -0.25) is 0 Å². The second-order valence-corrected chi connectivity index (χ2v) is 3.58. The number of furan rings is 1. The maximum atomic E-state index is 8.29. The predicted octanol–water partition coefficient (Wildman–Crippen LogP) is 4.74. The van der Waals surface area contributed by atoms with Gasteiger partial charge in [-0.15, -0.1) is 0 Å². The Balaban J connectivity index is 2.44. The van der Waals surface area contributed by atoms with E-state index in [2.05, 4.69) is 0 Å². The van der Waals surface area contributed by atoms with Crippen LogP contribution in [-0.2, 0) is 0 Å². The van der Waals surface area contributed by atoms with E-state index in [0.29, 0.717) is 0 Å². The van der Waals surface area contributed by atoms with Crippen LogP contribution in [0, 0.1) is 0 Å². The van der Waals surface area contributed by atoms with Gasteiger partial charge in [-0.05, 0) is 17.5 Å². The van der Waals surface area contributed by atoms with E-state index >= 15 is 0 Å². The van der Waals surface area contributed by atoms with Crippen LogP contribution in [0.4, 0.5) is 0 Å². The third kappa shape index (κ3) is 1.14. The summed E-state index contributed by atoms with van der Waals surface area (Å²) in [6.45, 7) is 0. The molecule has 0 bridgehead atoms. The van der Waals surface area contributed by atoms with Crippen LogP contribution in [0.1, 0.15) is 12.3 Å². The second kappa shape index (κ2) is 3.11. The van der Waals surface area contributed by atoms with Gasteiger partial charge < -0.3 is 4.42 Å². The molecule has 4 aromatic rings. The molecule has 1 heteroatoms. The number of para-hydroxylation sites is 1. The summed E-state index contributed by atoms with van der Waals surface area (Å²) in [5.41, 5.74) is 0.0281.